The molecule has 2 aliphatic carbocycles. The molecule has 3 heterocycles. The highest BCUT2D eigenvalue weighted by atomic mass is 16.4. The van der Waals surface area contributed by atoms with Crippen molar-refractivity contribution in [3.63, 3.8) is 0 Å². The first-order valence-electron chi connectivity index (χ1n) is 14.4. The third-order valence-electron chi connectivity index (χ3n) is 9.84. The van der Waals surface area contributed by atoms with Crippen molar-refractivity contribution >= 4 is 17.0 Å². The van der Waals surface area contributed by atoms with E-state index in [1.165, 1.54) is 57.8 Å². The predicted octanol–water partition coefficient (Wildman–Crippen LogP) is 5.89. The van der Waals surface area contributed by atoms with Gasteiger partial charge in [0.2, 0.25) is 5.69 Å². The highest BCUT2D eigenvalue weighted by molar-refractivity contribution is 5.88. The average Bonchev–Trinajstić information content (AvgIpc) is 3.66. The number of fused-ring (bicyclic) bond motifs is 3. The number of piperidine rings is 2. The number of carboxylic acid groups (broad SMARTS) is 1. The maximum absolute atomic E-state index is 13.4. The van der Waals surface area contributed by atoms with Crippen molar-refractivity contribution in [2.45, 2.75) is 109 Å². The number of hydrogen-bond acceptors (Lipinski definition) is 4. The summed E-state index contributed by atoms with van der Waals surface area (Å²) >= 11 is 0. The third kappa shape index (κ3) is 4.51. The third-order valence-corrected chi connectivity index (χ3v) is 9.84. The van der Waals surface area contributed by atoms with Gasteiger partial charge in [0.05, 0.1) is 11.0 Å². The second-order valence-corrected chi connectivity index (χ2v) is 12.6. The van der Waals surface area contributed by atoms with E-state index in [-0.39, 0.29) is 11.7 Å². The van der Waals surface area contributed by atoms with Gasteiger partial charge in [-0.1, -0.05) is 32.4 Å². The minimum Gasteiger partial charge on any atom is -0.476 e. The Kier molecular flexibility index (Phi) is 6.43. The molecule has 1 aromatic carbocycles. The normalized spacial score (nSPS) is 35.8. The molecule has 1 unspecified atom stereocenters. The number of aromatic carboxylic acids is 1. The first-order chi connectivity index (χ1) is 17.4. The fourth-order valence-corrected chi connectivity index (χ4v) is 8.40. The summed E-state index contributed by atoms with van der Waals surface area (Å²) in [6, 6.07) is 9.12. The minimum absolute atomic E-state index is 0.0256. The van der Waals surface area contributed by atoms with E-state index in [4.69, 9.17) is 0 Å². The van der Waals surface area contributed by atoms with Gasteiger partial charge in [0.15, 0.2) is 0 Å². The number of para-hydroxylation sites is 2. The first kappa shape index (κ1) is 24.1. The maximum atomic E-state index is 13.4. The molecule has 6 rings (SSSR count). The van der Waals surface area contributed by atoms with Gasteiger partial charge in [-0.15, -0.1) is 0 Å². The molecule has 36 heavy (non-hydrogen) atoms. The van der Waals surface area contributed by atoms with Crippen molar-refractivity contribution < 1.29 is 9.90 Å². The summed E-state index contributed by atoms with van der Waals surface area (Å²) in [5.74, 6) is 2.26. The van der Waals surface area contributed by atoms with E-state index in [1.54, 1.807) is 4.57 Å². The molecule has 0 amide bonds. The lowest BCUT2D eigenvalue weighted by Crippen LogP contribution is -2.58. The van der Waals surface area contributed by atoms with E-state index in [9.17, 15) is 14.7 Å². The van der Waals surface area contributed by atoms with Gasteiger partial charge < -0.3 is 9.67 Å². The van der Waals surface area contributed by atoms with E-state index < -0.39 is 11.5 Å². The van der Waals surface area contributed by atoms with Crippen LogP contribution in [0.1, 0.15) is 101 Å². The highest BCUT2D eigenvalue weighted by Crippen LogP contribution is 2.48. The Morgan fingerprint density at radius 1 is 0.833 bits per heavy atom. The summed E-state index contributed by atoms with van der Waals surface area (Å²) in [5.41, 5.74) is 0.560. The van der Waals surface area contributed by atoms with Crippen LogP contribution in [0.2, 0.25) is 0 Å². The number of benzene rings is 1. The van der Waals surface area contributed by atoms with Gasteiger partial charge in [-0.05, 0) is 100 Å². The Bertz CT molecular complexity index is 1160. The van der Waals surface area contributed by atoms with Gasteiger partial charge in [-0.2, -0.15) is 0 Å². The zero-order valence-electron chi connectivity index (χ0n) is 21.8. The van der Waals surface area contributed by atoms with Gasteiger partial charge in [0, 0.05) is 24.2 Å². The molecule has 4 fully saturated rings. The zero-order chi connectivity index (χ0) is 25.0. The molecule has 2 saturated carbocycles. The SMILES string of the molecule is C[C@@H]1CC(C2CC2)C[C@H](C)C[C@H](N2[C@@H]3CCC[C@H]2C[C@@H](n2c(=O)c(C(=O)O)nc4ccccc42)C3)C1. The first-order valence-corrected chi connectivity index (χ1v) is 14.4. The number of nitrogens with zero attached hydrogens (tertiary/aromatic N) is 3. The Balaban J connectivity index is 1.29. The molecule has 194 valence electrons. The second-order valence-electron chi connectivity index (χ2n) is 12.6. The van der Waals surface area contributed by atoms with Crippen LogP contribution in [-0.4, -0.2) is 43.7 Å². The topological polar surface area (TPSA) is 75.4 Å². The molecule has 6 heteroatoms. The van der Waals surface area contributed by atoms with Crippen LogP contribution < -0.4 is 5.56 Å². The van der Waals surface area contributed by atoms with Crippen LogP contribution in [0.15, 0.2) is 29.1 Å². The van der Waals surface area contributed by atoms with Gasteiger partial charge in [-0.25, -0.2) is 9.78 Å². The van der Waals surface area contributed by atoms with E-state index in [1.807, 2.05) is 24.3 Å². The van der Waals surface area contributed by atoms with Gasteiger partial charge in [-0.3, -0.25) is 9.69 Å². The summed E-state index contributed by atoms with van der Waals surface area (Å²) in [6.45, 7) is 4.97. The summed E-state index contributed by atoms with van der Waals surface area (Å²) in [4.78, 5) is 32.3. The van der Waals surface area contributed by atoms with Gasteiger partial charge in [0.1, 0.15) is 0 Å². The lowest BCUT2D eigenvalue weighted by molar-refractivity contribution is -0.0355. The Morgan fingerprint density at radius 2 is 1.47 bits per heavy atom. The molecule has 7 atom stereocenters. The molecule has 6 nitrogen and oxygen atoms in total. The molecule has 4 aliphatic rings. The van der Waals surface area contributed by atoms with E-state index >= 15 is 0 Å². The summed E-state index contributed by atoms with van der Waals surface area (Å²) in [6.07, 6.45) is 13.8. The summed E-state index contributed by atoms with van der Waals surface area (Å²) in [5, 5.41) is 9.69. The lowest BCUT2D eigenvalue weighted by atomic mass is 9.74. The molecule has 2 bridgehead atoms. The van der Waals surface area contributed by atoms with E-state index in [2.05, 4.69) is 23.7 Å². The van der Waals surface area contributed by atoms with Gasteiger partial charge >= 0.3 is 5.97 Å². The highest BCUT2D eigenvalue weighted by Gasteiger charge is 2.44. The number of carbonyl (C=O) groups is 1. The fraction of sp³-hybridized carbons (Fsp3) is 0.700. The largest absolute Gasteiger partial charge is 0.476 e. The Labute approximate surface area is 214 Å². The molecule has 1 aromatic heterocycles. The smallest absolute Gasteiger partial charge is 0.360 e. The number of hydrogen-bond donors (Lipinski definition) is 1. The number of carboxylic acids is 1. The zero-order valence-corrected chi connectivity index (χ0v) is 21.8. The van der Waals surface area contributed by atoms with Crippen molar-refractivity contribution in [1.82, 2.24) is 14.5 Å². The Morgan fingerprint density at radius 3 is 2.08 bits per heavy atom. The standard InChI is InChI=1S/C30H41N3O3/c1-18-12-21(20-10-11-20)13-19(2)15-24(14-18)32-22-6-5-7-23(32)17-25(16-22)33-27-9-4-3-8-26(27)31-28(29(33)34)30(35)36/h3-4,8-9,18-25H,5-7,10-17H2,1-2H3,(H,35,36)/t18-,19+,21?,22-,23+,24-,25+. The minimum atomic E-state index is -1.24. The fourth-order valence-electron chi connectivity index (χ4n) is 8.40. The van der Waals surface area contributed by atoms with Crippen molar-refractivity contribution in [1.29, 1.82) is 0 Å². The van der Waals surface area contributed by atoms with Crippen molar-refractivity contribution in [2.24, 2.45) is 23.7 Å². The number of rotatable bonds is 4. The number of aromatic nitrogens is 2. The molecule has 1 N–H and O–H groups in total. The monoisotopic (exact) mass is 491 g/mol. The van der Waals surface area contributed by atoms with Gasteiger partial charge in [0.25, 0.3) is 5.56 Å². The van der Waals surface area contributed by atoms with Crippen LogP contribution in [0.4, 0.5) is 0 Å². The van der Waals surface area contributed by atoms with Crippen LogP contribution in [0, 0.1) is 23.7 Å². The Hall–Kier alpha value is -2.21. The van der Waals surface area contributed by atoms with E-state index in [0.717, 1.165) is 42.0 Å². The molecule has 2 aromatic rings. The quantitative estimate of drug-likeness (QED) is 0.577. The molecular formula is C30H41N3O3. The van der Waals surface area contributed by atoms with Crippen molar-refractivity contribution in [3.8, 4) is 0 Å². The lowest BCUT2D eigenvalue weighted by Gasteiger charge is -2.54. The molecule has 0 radical (unpaired) electrons. The van der Waals surface area contributed by atoms with Crippen LogP contribution in [0.25, 0.3) is 11.0 Å². The van der Waals surface area contributed by atoms with E-state index in [0.29, 0.717) is 23.6 Å². The molecule has 2 saturated heterocycles. The molecular weight excluding hydrogens is 450 g/mol. The molecule has 0 spiro atoms. The molecule has 2 aliphatic heterocycles. The summed E-state index contributed by atoms with van der Waals surface area (Å²) in [7, 11) is 0. The maximum Gasteiger partial charge on any atom is 0.360 e. The van der Waals surface area contributed by atoms with Crippen LogP contribution in [0.5, 0.6) is 0 Å². The summed E-state index contributed by atoms with van der Waals surface area (Å²) < 4.78 is 1.79. The average molecular weight is 492 g/mol. The van der Waals surface area contributed by atoms with Crippen LogP contribution in [0.3, 0.4) is 0 Å². The van der Waals surface area contributed by atoms with Crippen LogP contribution >= 0.6 is 0 Å². The van der Waals surface area contributed by atoms with Crippen molar-refractivity contribution in [3.05, 3.63) is 40.3 Å². The van der Waals surface area contributed by atoms with Crippen LogP contribution in [-0.2, 0) is 0 Å². The van der Waals surface area contributed by atoms with Crippen molar-refractivity contribution in [2.75, 3.05) is 0 Å². The second kappa shape index (κ2) is 9.59. The predicted molar refractivity (Wildman–Crippen MR) is 141 cm³/mol.